The molecular formula is C17H21N3S. The van der Waals surface area contributed by atoms with Gasteiger partial charge < -0.3 is 10.6 Å². The molecule has 4 heteroatoms. The summed E-state index contributed by atoms with van der Waals surface area (Å²) in [6.07, 6.45) is 2.01. The largest absolute Gasteiger partial charge is 0.384 e. The van der Waals surface area contributed by atoms with Crippen molar-refractivity contribution in [3.05, 3.63) is 53.6 Å². The molecule has 0 aliphatic heterocycles. The number of benzene rings is 2. The molecule has 0 fully saturated rings. The summed E-state index contributed by atoms with van der Waals surface area (Å²) in [6.45, 7) is 5.01. The standard InChI is InChI=1S/C17H21N3S/c1-4-20(13-10-8-12(2)9-11-13)14-6-5-7-15(21-3)16(14)17(18)19/h5-11H,4H2,1-3H3,(H3,18,19). The van der Waals surface area contributed by atoms with Crippen molar-refractivity contribution in [1.29, 1.82) is 5.41 Å². The third-order valence-electron chi connectivity index (χ3n) is 3.45. The third kappa shape index (κ3) is 3.22. The quantitative estimate of drug-likeness (QED) is 0.495. The van der Waals surface area contributed by atoms with E-state index in [1.165, 1.54) is 5.56 Å². The average molecular weight is 299 g/mol. The lowest BCUT2D eigenvalue weighted by Crippen LogP contribution is -2.22. The van der Waals surface area contributed by atoms with Crippen LogP contribution >= 0.6 is 11.8 Å². The van der Waals surface area contributed by atoms with Crippen LogP contribution in [0.4, 0.5) is 11.4 Å². The van der Waals surface area contributed by atoms with Crippen molar-refractivity contribution in [2.45, 2.75) is 18.7 Å². The molecule has 0 bridgehead atoms. The fraction of sp³-hybridized carbons (Fsp3) is 0.235. The zero-order valence-corrected chi connectivity index (χ0v) is 13.5. The summed E-state index contributed by atoms with van der Waals surface area (Å²) in [4.78, 5) is 3.22. The molecule has 0 spiro atoms. The van der Waals surface area contributed by atoms with Gasteiger partial charge >= 0.3 is 0 Å². The molecule has 3 nitrogen and oxygen atoms in total. The van der Waals surface area contributed by atoms with Gasteiger partial charge in [0.05, 0.1) is 11.3 Å². The van der Waals surface area contributed by atoms with E-state index in [1.807, 2.05) is 24.5 Å². The maximum atomic E-state index is 7.92. The molecule has 3 N–H and O–H groups in total. The molecule has 0 heterocycles. The Labute approximate surface area is 130 Å². The predicted molar refractivity (Wildman–Crippen MR) is 93.1 cm³/mol. The summed E-state index contributed by atoms with van der Waals surface area (Å²) < 4.78 is 0. The molecule has 0 amide bonds. The van der Waals surface area contributed by atoms with Gasteiger partial charge in [-0.15, -0.1) is 11.8 Å². The number of aryl methyl sites for hydroxylation is 1. The van der Waals surface area contributed by atoms with Gasteiger partial charge in [0, 0.05) is 17.1 Å². The average Bonchev–Trinajstić information content (AvgIpc) is 2.49. The minimum atomic E-state index is 0.112. The lowest BCUT2D eigenvalue weighted by atomic mass is 10.1. The Morgan fingerprint density at radius 3 is 2.38 bits per heavy atom. The summed E-state index contributed by atoms with van der Waals surface area (Å²) in [5, 5.41) is 7.92. The van der Waals surface area contributed by atoms with Crippen LogP contribution in [0.2, 0.25) is 0 Å². The lowest BCUT2D eigenvalue weighted by molar-refractivity contribution is 1.01. The number of nitrogens with one attached hydrogen (secondary N) is 1. The first-order chi connectivity index (χ1) is 10.1. The van der Waals surface area contributed by atoms with Crippen LogP contribution in [0.3, 0.4) is 0 Å². The number of nitrogen functional groups attached to an aromatic ring is 1. The number of thioether (sulfide) groups is 1. The Morgan fingerprint density at radius 1 is 1.19 bits per heavy atom. The molecule has 0 aliphatic carbocycles. The highest BCUT2D eigenvalue weighted by Gasteiger charge is 2.16. The van der Waals surface area contributed by atoms with E-state index in [-0.39, 0.29) is 5.84 Å². The Balaban J connectivity index is 2.57. The van der Waals surface area contributed by atoms with E-state index in [4.69, 9.17) is 11.1 Å². The maximum Gasteiger partial charge on any atom is 0.126 e. The van der Waals surface area contributed by atoms with Crippen LogP contribution in [0.1, 0.15) is 18.1 Å². The first-order valence-corrected chi connectivity index (χ1v) is 8.16. The molecule has 110 valence electrons. The Morgan fingerprint density at radius 2 is 1.86 bits per heavy atom. The third-order valence-corrected chi connectivity index (χ3v) is 4.23. The van der Waals surface area contributed by atoms with E-state index in [9.17, 15) is 0 Å². The van der Waals surface area contributed by atoms with Gasteiger partial charge in [0.1, 0.15) is 5.84 Å². The first-order valence-electron chi connectivity index (χ1n) is 6.94. The van der Waals surface area contributed by atoms with Gasteiger partial charge in [0.15, 0.2) is 0 Å². The molecule has 2 aromatic rings. The molecule has 0 saturated heterocycles. The molecule has 0 aliphatic rings. The van der Waals surface area contributed by atoms with Gasteiger partial charge in [-0.1, -0.05) is 23.8 Å². The summed E-state index contributed by atoms with van der Waals surface area (Å²) in [6, 6.07) is 14.5. The fourth-order valence-corrected chi connectivity index (χ4v) is 3.04. The number of hydrogen-bond acceptors (Lipinski definition) is 3. The minimum Gasteiger partial charge on any atom is -0.384 e. The van der Waals surface area contributed by atoms with Gasteiger partial charge in [-0.2, -0.15) is 0 Å². The molecule has 0 radical (unpaired) electrons. The minimum absolute atomic E-state index is 0.112. The highest BCUT2D eigenvalue weighted by Crippen LogP contribution is 2.33. The second kappa shape index (κ2) is 6.68. The van der Waals surface area contributed by atoms with Crippen LogP contribution in [-0.4, -0.2) is 18.6 Å². The normalized spacial score (nSPS) is 10.4. The first kappa shape index (κ1) is 15.4. The van der Waals surface area contributed by atoms with E-state index >= 15 is 0 Å². The second-order valence-corrected chi connectivity index (χ2v) is 5.70. The lowest BCUT2D eigenvalue weighted by Gasteiger charge is -2.26. The number of nitrogens with zero attached hydrogens (tertiary/aromatic N) is 1. The van der Waals surface area contributed by atoms with Gasteiger partial charge in [0.2, 0.25) is 0 Å². The van der Waals surface area contributed by atoms with Crippen molar-refractivity contribution >= 4 is 29.0 Å². The number of nitrogens with two attached hydrogens (primary N) is 1. The van der Waals surface area contributed by atoms with E-state index in [2.05, 4.69) is 43.0 Å². The SMILES string of the molecule is CCN(c1ccc(C)cc1)c1cccc(SC)c1C(=N)N. The van der Waals surface area contributed by atoms with Gasteiger partial charge in [-0.05, 0) is 44.4 Å². The van der Waals surface area contributed by atoms with Crippen molar-refractivity contribution in [2.75, 3.05) is 17.7 Å². The van der Waals surface area contributed by atoms with Crippen LogP contribution in [-0.2, 0) is 0 Å². The van der Waals surface area contributed by atoms with Crippen molar-refractivity contribution in [3.8, 4) is 0 Å². The van der Waals surface area contributed by atoms with Crippen LogP contribution in [0.5, 0.6) is 0 Å². The number of rotatable bonds is 5. The van der Waals surface area contributed by atoms with Crippen molar-refractivity contribution in [2.24, 2.45) is 5.73 Å². The molecule has 2 aromatic carbocycles. The molecule has 2 rings (SSSR count). The molecule has 0 atom stereocenters. The number of amidine groups is 1. The molecule has 0 unspecified atom stereocenters. The van der Waals surface area contributed by atoms with Gasteiger partial charge in [-0.3, -0.25) is 5.41 Å². The van der Waals surface area contributed by atoms with E-state index in [0.29, 0.717) is 0 Å². The van der Waals surface area contributed by atoms with Crippen molar-refractivity contribution in [3.63, 3.8) is 0 Å². The highest BCUT2D eigenvalue weighted by molar-refractivity contribution is 7.98. The summed E-state index contributed by atoms with van der Waals surface area (Å²) in [7, 11) is 0. The summed E-state index contributed by atoms with van der Waals surface area (Å²) in [5.74, 6) is 0.112. The van der Waals surface area contributed by atoms with Crippen molar-refractivity contribution < 1.29 is 0 Å². The molecule has 21 heavy (non-hydrogen) atoms. The van der Waals surface area contributed by atoms with Gasteiger partial charge in [-0.25, -0.2) is 0 Å². The Kier molecular flexibility index (Phi) is 4.91. The monoisotopic (exact) mass is 299 g/mol. The predicted octanol–water partition coefficient (Wildman–Crippen LogP) is 4.16. The molecular weight excluding hydrogens is 278 g/mol. The van der Waals surface area contributed by atoms with Crippen LogP contribution in [0.25, 0.3) is 0 Å². The van der Waals surface area contributed by atoms with E-state index < -0.39 is 0 Å². The zero-order valence-electron chi connectivity index (χ0n) is 12.7. The Hall–Kier alpha value is -1.94. The smallest absolute Gasteiger partial charge is 0.126 e. The van der Waals surface area contributed by atoms with Crippen LogP contribution in [0, 0.1) is 12.3 Å². The topological polar surface area (TPSA) is 53.1 Å². The van der Waals surface area contributed by atoms with E-state index in [0.717, 1.165) is 28.4 Å². The maximum absolute atomic E-state index is 7.92. The fourth-order valence-electron chi connectivity index (χ4n) is 2.40. The highest BCUT2D eigenvalue weighted by atomic mass is 32.2. The second-order valence-electron chi connectivity index (χ2n) is 4.85. The zero-order chi connectivity index (χ0) is 15.4. The van der Waals surface area contributed by atoms with E-state index in [1.54, 1.807) is 11.8 Å². The van der Waals surface area contributed by atoms with Gasteiger partial charge in [0.25, 0.3) is 0 Å². The summed E-state index contributed by atoms with van der Waals surface area (Å²) in [5.41, 5.74) is 9.98. The Bertz CT molecular complexity index is 635. The summed E-state index contributed by atoms with van der Waals surface area (Å²) >= 11 is 1.62. The van der Waals surface area contributed by atoms with Crippen LogP contribution < -0.4 is 10.6 Å². The van der Waals surface area contributed by atoms with Crippen LogP contribution in [0.15, 0.2) is 47.4 Å². The molecule has 0 aromatic heterocycles. The number of hydrogen-bond donors (Lipinski definition) is 2. The molecule has 0 saturated carbocycles. The number of anilines is 2. The van der Waals surface area contributed by atoms with Crippen molar-refractivity contribution in [1.82, 2.24) is 0 Å².